The summed E-state index contributed by atoms with van der Waals surface area (Å²) < 4.78 is 0. The molecule has 106 valence electrons. The van der Waals surface area contributed by atoms with E-state index in [0.29, 0.717) is 0 Å². The maximum Gasteiger partial charge on any atom is 0.317 e. The highest BCUT2D eigenvalue weighted by Crippen LogP contribution is 2.16. The standard InChI is InChI=1S/C11H24N3O2PS/c1-5-8(3)13-11(17-18,12-7-10(15)16)14-9(4)6-2/h8-9,12-14H,5-7H2,1-4H3,(H,15,16)/p+1. The zero-order valence-corrected chi connectivity index (χ0v) is 13.4. The topological polar surface area (TPSA) is 73.4 Å². The van der Waals surface area contributed by atoms with Crippen molar-refractivity contribution in [1.29, 1.82) is 0 Å². The molecule has 0 aromatic carbocycles. The van der Waals surface area contributed by atoms with Crippen LogP contribution in [0.25, 0.3) is 0 Å². The van der Waals surface area contributed by atoms with E-state index in [2.05, 4.69) is 43.6 Å². The van der Waals surface area contributed by atoms with Crippen molar-refractivity contribution < 1.29 is 9.90 Å². The molecule has 3 unspecified atom stereocenters. The molecular formula is C11H25N3O2PS+. The maximum atomic E-state index is 10.7. The van der Waals surface area contributed by atoms with Gasteiger partial charge in [-0.15, -0.1) is 0 Å². The summed E-state index contributed by atoms with van der Waals surface area (Å²) in [5.41, 5.74) is -0.668. The summed E-state index contributed by atoms with van der Waals surface area (Å²) >= 11 is 5.22. The molecule has 3 atom stereocenters. The van der Waals surface area contributed by atoms with E-state index in [1.807, 2.05) is 0 Å². The number of carboxylic acids is 1. The molecule has 0 aromatic heterocycles. The number of carbonyl (C=O) groups is 1. The zero-order valence-electron chi connectivity index (χ0n) is 11.5. The van der Waals surface area contributed by atoms with Crippen LogP contribution < -0.4 is 16.0 Å². The summed E-state index contributed by atoms with van der Waals surface area (Å²) in [4.78, 5) is 10.7. The van der Waals surface area contributed by atoms with Crippen LogP contribution >= 0.6 is 7.36 Å². The summed E-state index contributed by atoms with van der Waals surface area (Å²) in [5, 5.41) is 18.6. The minimum absolute atomic E-state index is 0.0970. The summed E-state index contributed by atoms with van der Waals surface area (Å²) in [5.74, 6) is -0.885. The minimum atomic E-state index is -0.885. The molecule has 0 aliphatic heterocycles. The fourth-order valence-electron chi connectivity index (χ4n) is 1.39. The molecule has 5 nitrogen and oxygen atoms in total. The SMILES string of the molecule is CCC(C)NC(NCC(=O)O)(NC(C)CC)[PH+]=S. The first-order valence-electron chi connectivity index (χ1n) is 6.30. The monoisotopic (exact) mass is 294 g/mol. The first-order valence-corrected chi connectivity index (χ1v) is 8.43. The van der Waals surface area contributed by atoms with E-state index < -0.39 is 11.5 Å². The Bertz CT molecular complexity index is 267. The van der Waals surface area contributed by atoms with Gasteiger partial charge in [0.05, 0.1) is 0 Å². The van der Waals surface area contributed by atoms with E-state index in [1.165, 1.54) is 0 Å². The van der Waals surface area contributed by atoms with Crippen molar-refractivity contribution in [2.24, 2.45) is 0 Å². The third-order valence-corrected chi connectivity index (χ3v) is 4.50. The van der Waals surface area contributed by atoms with Crippen molar-refractivity contribution in [2.45, 2.75) is 58.1 Å². The molecule has 7 heteroatoms. The highest BCUT2D eigenvalue weighted by Gasteiger charge is 2.38. The predicted octanol–water partition coefficient (Wildman–Crippen LogP) is 1.19. The molecule has 0 saturated carbocycles. The molecule has 0 spiro atoms. The van der Waals surface area contributed by atoms with Gasteiger partial charge >= 0.3 is 5.97 Å². The lowest BCUT2D eigenvalue weighted by Gasteiger charge is -2.31. The van der Waals surface area contributed by atoms with E-state index in [0.717, 1.165) is 12.8 Å². The number of aliphatic carboxylic acids is 1. The molecule has 0 radical (unpaired) electrons. The Balaban J connectivity index is 4.81. The molecule has 18 heavy (non-hydrogen) atoms. The summed E-state index contributed by atoms with van der Waals surface area (Å²) in [6.45, 7) is 8.16. The van der Waals surface area contributed by atoms with Gasteiger partial charge in [-0.3, -0.25) is 4.79 Å². The Kier molecular flexibility index (Phi) is 8.82. The molecule has 0 amide bonds. The Morgan fingerprint density at radius 2 is 1.72 bits per heavy atom. The molecule has 0 heterocycles. The normalized spacial score (nSPS) is 18.2. The Morgan fingerprint density at radius 3 is 2.00 bits per heavy atom. The fraction of sp³-hybridized carbons (Fsp3) is 0.909. The third kappa shape index (κ3) is 6.71. The molecule has 0 aromatic rings. The first-order chi connectivity index (χ1) is 8.39. The minimum Gasteiger partial charge on any atom is -0.480 e. The lowest BCUT2D eigenvalue weighted by molar-refractivity contribution is -0.136. The first kappa shape index (κ1) is 17.9. The van der Waals surface area contributed by atoms with Crippen molar-refractivity contribution in [3.8, 4) is 0 Å². The van der Waals surface area contributed by atoms with Gasteiger partial charge in [-0.05, 0) is 26.7 Å². The van der Waals surface area contributed by atoms with Gasteiger partial charge in [-0.25, -0.2) is 16.0 Å². The van der Waals surface area contributed by atoms with Crippen LogP contribution in [0, 0.1) is 0 Å². The van der Waals surface area contributed by atoms with Gasteiger partial charge in [0.2, 0.25) is 7.36 Å². The van der Waals surface area contributed by atoms with Gasteiger partial charge in [0.25, 0.3) is 5.53 Å². The van der Waals surface area contributed by atoms with Gasteiger partial charge in [-0.2, -0.15) is 0 Å². The van der Waals surface area contributed by atoms with Gasteiger partial charge in [0.1, 0.15) is 6.54 Å². The van der Waals surface area contributed by atoms with E-state index in [9.17, 15) is 4.79 Å². The van der Waals surface area contributed by atoms with Crippen molar-refractivity contribution in [1.82, 2.24) is 16.0 Å². The predicted molar refractivity (Wildman–Crippen MR) is 79.8 cm³/mol. The Labute approximate surface area is 116 Å². The molecule has 0 aliphatic carbocycles. The number of hydrogen-bond donors (Lipinski definition) is 4. The highest BCUT2D eigenvalue weighted by atomic mass is 32.4. The van der Waals surface area contributed by atoms with Gasteiger partial charge in [0, 0.05) is 12.1 Å². The summed E-state index contributed by atoms with van der Waals surface area (Å²) in [7, 11) is 0.0970. The molecular weight excluding hydrogens is 269 g/mol. The second-order valence-electron chi connectivity index (χ2n) is 4.51. The van der Waals surface area contributed by atoms with Crippen LogP contribution in [-0.2, 0) is 16.6 Å². The average molecular weight is 294 g/mol. The van der Waals surface area contributed by atoms with E-state index in [1.54, 1.807) is 0 Å². The number of carboxylic acid groups (broad SMARTS) is 1. The lowest BCUT2D eigenvalue weighted by atomic mass is 10.2. The third-order valence-electron chi connectivity index (χ3n) is 2.81. The molecule has 4 N–H and O–H groups in total. The van der Waals surface area contributed by atoms with Crippen LogP contribution in [-0.4, -0.2) is 35.2 Å². The van der Waals surface area contributed by atoms with Gasteiger partial charge < -0.3 is 5.11 Å². The van der Waals surface area contributed by atoms with Crippen LogP contribution in [0.1, 0.15) is 40.5 Å². The molecule has 0 fully saturated rings. The zero-order chi connectivity index (χ0) is 14.2. The second kappa shape index (κ2) is 8.88. The van der Waals surface area contributed by atoms with Crippen LogP contribution in [0.3, 0.4) is 0 Å². The van der Waals surface area contributed by atoms with Crippen molar-refractivity contribution in [3.63, 3.8) is 0 Å². The highest BCUT2D eigenvalue weighted by molar-refractivity contribution is 7.97. The number of rotatable bonds is 10. The molecule has 0 rings (SSSR count). The smallest absolute Gasteiger partial charge is 0.317 e. The number of hydrogen-bond acceptors (Lipinski definition) is 5. The summed E-state index contributed by atoms with van der Waals surface area (Å²) in [6, 6.07) is 0.525. The molecule has 0 saturated heterocycles. The van der Waals surface area contributed by atoms with E-state index >= 15 is 0 Å². The van der Waals surface area contributed by atoms with Crippen LogP contribution in [0.5, 0.6) is 0 Å². The number of nitrogens with one attached hydrogen (secondary N) is 3. The van der Waals surface area contributed by atoms with Crippen LogP contribution in [0.4, 0.5) is 0 Å². The average Bonchev–Trinajstić information content (AvgIpc) is 2.35. The lowest BCUT2D eigenvalue weighted by Crippen LogP contribution is -2.66. The van der Waals surface area contributed by atoms with Crippen LogP contribution in [0.2, 0.25) is 0 Å². The van der Waals surface area contributed by atoms with E-state index in [4.69, 9.17) is 16.9 Å². The maximum absolute atomic E-state index is 10.7. The van der Waals surface area contributed by atoms with Crippen LogP contribution in [0.15, 0.2) is 0 Å². The fourth-order valence-corrected chi connectivity index (χ4v) is 2.73. The van der Waals surface area contributed by atoms with E-state index in [-0.39, 0.29) is 26.0 Å². The second-order valence-corrected chi connectivity index (χ2v) is 6.07. The Morgan fingerprint density at radius 1 is 1.28 bits per heavy atom. The van der Waals surface area contributed by atoms with Crippen molar-refractivity contribution in [3.05, 3.63) is 0 Å². The van der Waals surface area contributed by atoms with Gasteiger partial charge in [0.15, 0.2) is 11.8 Å². The summed E-state index contributed by atoms with van der Waals surface area (Å²) in [6.07, 6.45) is 1.91. The molecule has 0 aliphatic rings. The largest absolute Gasteiger partial charge is 0.480 e. The van der Waals surface area contributed by atoms with Gasteiger partial charge in [-0.1, -0.05) is 13.8 Å². The molecule has 0 bridgehead atoms. The van der Waals surface area contributed by atoms with Crippen molar-refractivity contribution >= 4 is 25.1 Å². The Hall–Kier alpha value is -0.130. The quantitative estimate of drug-likeness (QED) is 0.358. The van der Waals surface area contributed by atoms with Crippen molar-refractivity contribution in [2.75, 3.05) is 6.54 Å².